The molecule has 2 aromatic heterocycles. The van der Waals surface area contributed by atoms with E-state index in [1.165, 1.54) is 4.57 Å². The van der Waals surface area contributed by atoms with E-state index in [-0.39, 0.29) is 14.9 Å². The Bertz CT molecular complexity index is 885. The van der Waals surface area contributed by atoms with Crippen LogP contribution in [0.2, 0.25) is 0 Å². The van der Waals surface area contributed by atoms with Gasteiger partial charge in [0.15, 0.2) is 10.4 Å². The van der Waals surface area contributed by atoms with Crippen molar-refractivity contribution >= 4 is 39.3 Å². The number of hydrogen-bond acceptors (Lipinski definition) is 2. The lowest BCUT2D eigenvalue weighted by Crippen LogP contribution is -2.00. The number of rotatable bonds is 1. The molecule has 0 radical (unpaired) electrons. The van der Waals surface area contributed by atoms with Gasteiger partial charge < -0.3 is 4.98 Å². The number of fused-ring (bicyclic) bond motifs is 1. The number of hydrogen-bond donors (Lipinski definition) is 1. The highest BCUT2D eigenvalue weighted by Gasteiger charge is 2.15. The van der Waals surface area contributed by atoms with Crippen LogP contribution in [-0.4, -0.2) is 14.5 Å². The molecular formula is C13H8BrF2N3S. The van der Waals surface area contributed by atoms with Crippen molar-refractivity contribution in [1.82, 2.24) is 14.5 Å². The van der Waals surface area contributed by atoms with E-state index in [1.807, 2.05) is 13.0 Å². The molecular weight excluding hydrogens is 348 g/mol. The Kier molecular flexibility index (Phi) is 3.18. The molecule has 20 heavy (non-hydrogen) atoms. The summed E-state index contributed by atoms with van der Waals surface area (Å²) < 4.78 is 29.5. The first-order valence-corrected chi connectivity index (χ1v) is 6.90. The van der Waals surface area contributed by atoms with Gasteiger partial charge in [0, 0.05) is 12.3 Å². The lowest BCUT2D eigenvalue weighted by Gasteiger charge is -2.07. The summed E-state index contributed by atoms with van der Waals surface area (Å²) in [5.74, 6) is -1.15. The molecule has 3 nitrogen and oxygen atoms in total. The predicted octanol–water partition coefficient (Wildman–Crippen LogP) is 4.43. The van der Waals surface area contributed by atoms with E-state index < -0.39 is 11.6 Å². The van der Waals surface area contributed by atoms with Gasteiger partial charge in [-0.25, -0.2) is 13.8 Å². The number of aryl methyl sites for hydroxylation is 1. The molecule has 0 fully saturated rings. The van der Waals surface area contributed by atoms with E-state index >= 15 is 0 Å². The normalized spacial score (nSPS) is 11.2. The standard InChI is InChI=1S/C13H8BrF2N3S/c1-6-2-3-17-12-11(6)18-13(20)19(12)10-5-8(15)7(14)4-9(10)16/h2-5H,1H3,(H,18,20). The summed E-state index contributed by atoms with van der Waals surface area (Å²) in [4.78, 5) is 7.17. The van der Waals surface area contributed by atoms with E-state index in [1.54, 1.807) is 6.20 Å². The summed E-state index contributed by atoms with van der Waals surface area (Å²) >= 11 is 8.15. The van der Waals surface area contributed by atoms with Gasteiger partial charge in [-0.05, 0) is 52.8 Å². The number of aromatic nitrogens is 3. The Morgan fingerprint density at radius 2 is 2.05 bits per heavy atom. The zero-order valence-corrected chi connectivity index (χ0v) is 12.6. The average Bonchev–Trinajstić information content (AvgIpc) is 2.72. The average molecular weight is 356 g/mol. The number of imidazole rings is 1. The Morgan fingerprint density at radius 1 is 1.30 bits per heavy atom. The van der Waals surface area contributed by atoms with Crippen LogP contribution < -0.4 is 0 Å². The summed E-state index contributed by atoms with van der Waals surface area (Å²) in [7, 11) is 0. The lowest BCUT2D eigenvalue weighted by atomic mass is 10.2. The van der Waals surface area contributed by atoms with Gasteiger partial charge in [-0.15, -0.1) is 0 Å². The lowest BCUT2D eigenvalue weighted by molar-refractivity contribution is 0.587. The summed E-state index contributed by atoms with van der Waals surface area (Å²) in [6.07, 6.45) is 1.60. The van der Waals surface area contributed by atoms with Crippen LogP contribution in [0.3, 0.4) is 0 Å². The number of nitrogens with one attached hydrogen (secondary N) is 1. The third-order valence-corrected chi connectivity index (χ3v) is 3.91. The second kappa shape index (κ2) is 4.75. The van der Waals surface area contributed by atoms with Crippen LogP contribution >= 0.6 is 28.1 Å². The topological polar surface area (TPSA) is 33.6 Å². The molecule has 102 valence electrons. The monoisotopic (exact) mass is 355 g/mol. The number of pyridine rings is 1. The highest BCUT2D eigenvalue weighted by Crippen LogP contribution is 2.26. The maximum absolute atomic E-state index is 14.1. The first kappa shape index (κ1) is 13.4. The largest absolute Gasteiger partial charge is 0.329 e. The molecule has 3 rings (SSSR count). The van der Waals surface area contributed by atoms with Crippen LogP contribution in [0, 0.1) is 23.3 Å². The van der Waals surface area contributed by atoms with Crippen molar-refractivity contribution in [3.63, 3.8) is 0 Å². The van der Waals surface area contributed by atoms with Gasteiger partial charge in [-0.2, -0.15) is 0 Å². The molecule has 1 N–H and O–H groups in total. The predicted molar refractivity (Wildman–Crippen MR) is 78.6 cm³/mol. The molecule has 0 spiro atoms. The van der Waals surface area contributed by atoms with Crippen molar-refractivity contribution < 1.29 is 8.78 Å². The maximum atomic E-state index is 14.1. The van der Waals surface area contributed by atoms with Crippen molar-refractivity contribution in [3.8, 4) is 5.69 Å². The van der Waals surface area contributed by atoms with E-state index in [4.69, 9.17) is 12.2 Å². The van der Waals surface area contributed by atoms with Crippen molar-refractivity contribution in [2.24, 2.45) is 0 Å². The zero-order chi connectivity index (χ0) is 14.4. The summed E-state index contributed by atoms with van der Waals surface area (Å²) in [6, 6.07) is 3.98. The second-order valence-corrected chi connectivity index (χ2v) is 5.55. The van der Waals surface area contributed by atoms with Gasteiger partial charge in [-0.1, -0.05) is 0 Å². The van der Waals surface area contributed by atoms with Crippen LogP contribution in [-0.2, 0) is 0 Å². The first-order valence-electron chi connectivity index (χ1n) is 5.70. The molecule has 0 aliphatic rings. The molecule has 0 aliphatic heterocycles. The van der Waals surface area contributed by atoms with Gasteiger partial charge in [0.05, 0.1) is 15.7 Å². The number of benzene rings is 1. The minimum absolute atomic E-state index is 0.0278. The molecule has 0 amide bonds. The fraction of sp³-hybridized carbons (Fsp3) is 0.0769. The number of H-pyrrole nitrogens is 1. The zero-order valence-electron chi connectivity index (χ0n) is 10.2. The molecule has 0 saturated carbocycles. The van der Waals surface area contributed by atoms with E-state index in [2.05, 4.69) is 25.9 Å². The van der Waals surface area contributed by atoms with Gasteiger partial charge in [0.1, 0.15) is 11.6 Å². The van der Waals surface area contributed by atoms with E-state index in [0.29, 0.717) is 11.2 Å². The second-order valence-electron chi connectivity index (χ2n) is 4.31. The number of aromatic amines is 1. The molecule has 3 aromatic rings. The summed E-state index contributed by atoms with van der Waals surface area (Å²) in [5.41, 5.74) is 2.13. The SMILES string of the molecule is Cc1ccnc2c1[nH]c(=S)n2-c1cc(F)c(Br)cc1F. The molecule has 0 bridgehead atoms. The van der Waals surface area contributed by atoms with Crippen molar-refractivity contribution in [2.45, 2.75) is 6.92 Å². The van der Waals surface area contributed by atoms with Gasteiger partial charge in [0.25, 0.3) is 0 Å². The van der Waals surface area contributed by atoms with Gasteiger partial charge >= 0.3 is 0 Å². The van der Waals surface area contributed by atoms with E-state index in [0.717, 1.165) is 17.7 Å². The third kappa shape index (κ3) is 1.97. The number of nitrogens with zero attached hydrogens (tertiary/aromatic N) is 2. The molecule has 1 aromatic carbocycles. The fourth-order valence-electron chi connectivity index (χ4n) is 2.03. The van der Waals surface area contributed by atoms with Gasteiger partial charge in [-0.3, -0.25) is 4.57 Å². The smallest absolute Gasteiger partial charge is 0.184 e. The van der Waals surface area contributed by atoms with Crippen LogP contribution in [0.5, 0.6) is 0 Å². The Hall–Kier alpha value is -1.60. The molecule has 0 saturated heterocycles. The number of halogens is 3. The first-order chi connectivity index (χ1) is 9.49. The Balaban J connectivity index is 2.41. The van der Waals surface area contributed by atoms with Crippen molar-refractivity contribution in [3.05, 3.63) is 50.8 Å². The van der Waals surface area contributed by atoms with Gasteiger partial charge in [0.2, 0.25) is 0 Å². The van der Waals surface area contributed by atoms with Crippen LogP contribution in [0.25, 0.3) is 16.9 Å². The van der Waals surface area contributed by atoms with Crippen LogP contribution in [0.4, 0.5) is 8.78 Å². The summed E-state index contributed by atoms with van der Waals surface area (Å²) in [5, 5.41) is 0. The molecule has 2 heterocycles. The Labute approximate surface area is 126 Å². The molecule has 0 atom stereocenters. The quantitative estimate of drug-likeness (QED) is 0.517. The molecule has 7 heteroatoms. The molecule has 0 aliphatic carbocycles. The highest BCUT2D eigenvalue weighted by molar-refractivity contribution is 9.10. The highest BCUT2D eigenvalue weighted by atomic mass is 79.9. The Morgan fingerprint density at radius 3 is 2.80 bits per heavy atom. The van der Waals surface area contributed by atoms with Crippen molar-refractivity contribution in [1.29, 1.82) is 0 Å². The minimum atomic E-state index is -0.585. The summed E-state index contributed by atoms with van der Waals surface area (Å²) in [6.45, 7) is 1.89. The van der Waals surface area contributed by atoms with Crippen LogP contribution in [0.15, 0.2) is 28.9 Å². The molecule has 0 unspecified atom stereocenters. The minimum Gasteiger partial charge on any atom is -0.329 e. The third-order valence-electron chi connectivity index (χ3n) is 3.02. The fourth-order valence-corrected chi connectivity index (χ4v) is 2.64. The maximum Gasteiger partial charge on any atom is 0.184 e. The van der Waals surface area contributed by atoms with Crippen molar-refractivity contribution in [2.75, 3.05) is 0 Å². The van der Waals surface area contributed by atoms with E-state index in [9.17, 15) is 8.78 Å². The van der Waals surface area contributed by atoms with Crippen LogP contribution in [0.1, 0.15) is 5.56 Å².